The van der Waals surface area contributed by atoms with E-state index in [2.05, 4.69) is 15.6 Å². The van der Waals surface area contributed by atoms with Gasteiger partial charge in [-0.15, -0.1) is 0 Å². The van der Waals surface area contributed by atoms with Gasteiger partial charge in [0, 0.05) is 36.1 Å². The lowest BCUT2D eigenvalue weighted by atomic mass is 10.1. The maximum absolute atomic E-state index is 13.1. The summed E-state index contributed by atoms with van der Waals surface area (Å²) in [4.78, 5) is 31.5. The van der Waals surface area contributed by atoms with Gasteiger partial charge >= 0.3 is 6.09 Å². The van der Waals surface area contributed by atoms with Crippen molar-refractivity contribution in [2.75, 3.05) is 22.1 Å². The number of hydrogen-bond acceptors (Lipinski definition) is 5. The van der Waals surface area contributed by atoms with Crippen LogP contribution in [0.3, 0.4) is 0 Å². The number of hydrogen-bond donors (Lipinski definition) is 3. The van der Waals surface area contributed by atoms with Crippen LogP contribution in [0.2, 0.25) is 5.02 Å². The lowest BCUT2D eigenvalue weighted by Gasteiger charge is -2.29. The van der Waals surface area contributed by atoms with E-state index in [-0.39, 0.29) is 5.82 Å². The summed E-state index contributed by atoms with van der Waals surface area (Å²) >= 11 is 5.82. The predicted octanol–water partition coefficient (Wildman–Crippen LogP) is 5.63. The molecular formula is C25H24ClN5O3. The summed E-state index contributed by atoms with van der Waals surface area (Å²) in [6.45, 7) is 0.812. The number of carbonyl (C=O) groups excluding carboxylic acids is 2. The Kier molecular flexibility index (Phi) is 7.39. The van der Waals surface area contributed by atoms with Gasteiger partial charge in [-0.2, -0.15) is 0 Å². The SMILES string of the molecule is N=C1CCCCN1c1ccc(NC(=O)C(OC(=O)Nc2ccc(Cl)cn2)c2ccccc2)cc1. The van der Waals surface area contributed by atoms with Crippen LogP contribution in [0.1, 0.15) is 30.9 Å². The van der Waals surface area contributed by atoms with Gasteiger partial charge in [0.05, 0.1) is 5.02 Å². The number of halogens is 1. The van der Waals surface area contributed by atoms with E-state index in [1.807, 2.05) is 23.1 Å². The molecule has 34 heavy (non-hydrogen) atoms. The van der Waals surface area contributed by atoms with E-state index in [1.165, 1.54) is 12.3 Å². The molecule has 1 aliphatic heterocycles. The number of nitrogens with one attached hydrogen (secondary N) is 3. The zero-order chi connectivity index (χ0) is 23.9. The van der Waals surface area contributed by atoms with E-state index in [9.17, 15) is 9.59 Å². The van der Waals surface area contributed by atoms with E-state index in [0.29, 0.717) is 22.1 Å². The molecule has 1 aliphatic rings. The van der Waals surface area contributed by atoms with Gasteiger partial charge in [-0.05, 0) is 49.2 Å². The fourth-order valence-electron chi connectivity index (χ4n) is 3.64. The largest absolute Gasteiger partial charge is 0.431 e. The molecule has 0 aliphatic carbocycles. The van der Waals surface area contributed by atoms with Gasteiger partial charge in [0.2, 0.25) is 6.10 Å². The molecule has 3 aromatic rings. The third kappa shape index (κ3) is 5.90. The highest BCUT2D eigenvalue weighted by molar-refractivity contribution is 6.30. The number of amides is 2. The molecule has 0 saturated carbocycles. The average Bonchev–Trinajstić information content (AvgIpc) is 2.85. The van der Waals surface area contributed by atoms with Crippen molar-refractivity contribution in [3.63, 3.8) is 0 Å². The van der Waals surface area contributed by atoms with Crippen LogP contribution in [0, 0.1) is 5.41 Å². The number of carbonyl (C=O) groups is 2. The molecule has 0 bridgehead atoms. The minimum atomic E-state index is -1.18. The Hall–Kier alpha value is -3.91. The third-order valence-corrected chi connectivity index (χ3v) is 5.56. The molecule has 3 N–H and O–H groups in total. The number of pyridine rings is 1. The van der Waals surface area contributed by atoms with Crippen molar-refractivity contribution < 1.29 is 14.3 Å². The molecule has 1 atom stereocenters. The topological polar surface area (TPSA) is 107 Å². The first-order valence-corrected chi connectivity index (χ1v) is 11.3. The number of benzene rings is 2. The molecule has 1 unspecified atom stereocenters. The van der Waals surface area contributed by atoms with Crippen LogP contribution in [0.4, 0.5) is 22.0 Å². The maximum atomic E-state index is 13.1. The molecule has 2 aromatic carbocycles. The van der Waals surface area contributed by atoms with Crippen molar-refractivity contribution in [2.45, 2.75) is 25.4 Å². The summed E-state index contributed by atoms with van der Waals surface area (Å²) in [6.07, 6.45) is 2.24. The number of ether oxygens (including phenoxy) is 1. The molecule has 0 spiro atoms. The van der Waals surface area contributed by atoms with Gasteiger partial charge in [-0.25, -0.2) is 9.78 Å². The van der Waals surface area contributed by atoms with Gasteiger partial charge in [-0.1, -0.05) is 41.9 Å². The number of nitrogens with zero attached hydrogens (tertiary/aromatic N) is 2. The summed E-state index contributed by atoms with van der Waals surface area (Å²) in [5.41, 5.74) is 1.99. The number of amidine groups is 1. The van der Waals surface area contributed by atoms with Crippen LogP contribution in [0.5, 0.6) is 0 Å². The van der Waals surface area contributed by atoms with Crippen molar-refractivity contribution in [3.05, 3.63) is 83.5 Å². The highest BCUT2D eigenvalue weighted by atomic mass is 35.5. The molecule has 1 fully saturated rings. The maximum Gasteiger partial charge on any atom is 0.413 e. The first-order chi connectivity index (χ1) is 16.5. The second-order valence-electron chi connectivity index (χ2n) is 7.77. The Labute approximate surface area is 202 Å². The third-order valence-electron chi connectivity index (χ3n) is 5.34. The average molecular weight is 478 g/mol. The molecule has 9 heteroatoms. The zero-order valence-corrected chi connectivity index (χ0v) is 19.1. The Morgan fingerprint density at radius 2 is 1.76 bits per heavy atom. The molecule has 0 radical (unpaired) electrons. The van der Waals surface area contributed by atoms with Crippen LogP contribution in [0.25, 0.3) is 0 Å². The first kappa shape index (κ1) is 23.3. The van der Waals surface area contributed by atoms with Gasteiger partial charge in [-0.3, -0.25) is 15.5 Å². The van der Waals surface area contributed by atoms with Crippen molar-refractivity contribution in [1.82, 2.24) is 4.98 Å². The molecular weight excluding hydrogens is 454 g/mol. The van der Waals surface area contributed by atoms with E-state index < -0.39 is 18.1 Å². The Bertz CT molecular complexity index is 1150. The van der Waals surface area contributed by atoms with Crippen LogP contribution in [0.15, 0.2) is 72.9 Å². The van der Waals surface area contributed by atoms with E-state index in [4.69, 9.17) is 21.7 Å². The fraction of sp³-hybridized carbons (Fsp3) is 0.200. The highest BCUT2D eigenvalue weighted by Gasteiger charge is 2.26. The quantitative estimate of drug-likeness (QED) is 0.426. The monoisotopic (exact) mass is 477 g/mol. The van der Waals surface area contributed by atoms with E-state index >= 15 is 0 Å². The van der Waals surface area contributed by atoms with Crippen molar-refractivity contribution in [1.29, 1.82) is 5.41 Å². The van der Waals surface area contributed by atoms with Crippen LogP contribution in [-0.2, 0) is 9.53 Å². The van der Waals surface area contributed by atoms with Gasteiger partial charge in [0.1, 0.15) is 11.7 Å². The Morgan fingerprint density at radius 1 is 1.00 bits per heavy atom. The summed E-state index contributed by atoms with van der Waals surface area (Å²) < 4.78 is 5.47. The predicted molar refractivity (Wildman–Crippen MR) is 133 cm³/mol. The van der Waals surface area contributed by atoms with E-state index in [0.717, 1.165) is 31.5 Å². The summed E-state index contributed by atoms with van der Waals surface area (Å²) in [6, 6.07) is 19.2. The second kappa shape index (κ2) is 10.8. The molecule has 1 aromatic heterocycles. The number of rotatable bonds is 6. The molecule has 174 valence electrons. The van der Waals surface area contributed by atoms with Gasteiger partial charge in [0.25, 0.3) is 5.91 Å². The molecule has 8 nitrogen and oxygen atoms in total. The van der Waals surface area contributed by atoms with Crippen LogP contribution in [-0.4, -0.2) is 29.4 Å². The highest BCUT2D eigenvalue weighted by Crippen LogP contribution is 2.25. The van der Waals surface area contributed by atoms with Crippen molar-refractivity contribution >= 4 is 46.6 Å². The van der Waals surface area contributed by atoms with Crippen molar-refractivity contribution in [3.8, 4) is 0 Å². The minimum absolute atomic E-state index is 0.250. The zero-order valence-electron chi connectivity index (χ0n) is 18.3. The summed E-state index contributed by atoms with van der Waals surface area (Å²) in [5, 5.41) is 13.9. The van der Waals surface area contributed by atoms with Crippen LogP contribution < -0.4 is 15.5 Å². The summed E-state index contributed by atoms with van der Waals surface area (Å²) in [7, 11) is 0. The number of anilines is 3. The molecule has 1 saturated heterocycles. The molecule has 2 heterocycles. The smallest absolute Gasteiger partial charge is 0.413 e. The minimum Gasteiger partial charge on any atom is -0.431 e. The van der Waals surface area contributed by atoms with Gasteiger partial charge < -0.3 is 15.0 Å². The molecule has 2 amide bonds. The number of piperidine rings is 1. The second-order valence-corrected chi connectivity index (χ2v) is 8.21. The Balaban J connectivity index is 1.45. The standard InChI is InChI=1S/C25H24ClN5O3/c26-18-9-14-22(28-16-18)30-25(33)34-23(17-6-2-1-3-7-17)24(32)29-19-10-12-20(13-11-19)31-15-5-4-8-21(31)27/h1-3,6-7,9-14,16,23,27H,4-5,8,15H2,(H,29,32)(H,28,30,33). The lowest BCUT2D eigenvalue weighted by Crippen LogP contribution is -2.34. The van der Waals surface area contributed by atoms with Crippen molar-refractivity contribution in [2.24, 2.45) is 0 Å². The Morgan fingerprint density at radius 3 is 2.44 bits per heavy atom. The van der Waals surface area contributed by atoms with Gasteiger partial charge in [0.15, 0.2) is 0 Å². The van der Waals surface area contributed by atoms with E-state index in [1.54, 1.807) is 42.5 Å². The fourth-order valence-corrected chi connectivity index (χ4v) is 3.75. The summed E-state index contributed by atoms with van der Waals surface area (Å²) in [5.74, 6) is 0.353. The first-order valence-electron chi connectivity index (χ1n) is 10.9. The molecule has 4 rings (SSSR count). The normalized spacial score (nSPS) is 14.3. The lowest BCUT2D eigenvalue weighted by molar-refractivity contribution is -0.124. The number of aromatic nitrogens is 1. The van der Waals surface area contributed by atoms with Crippen LogP contribution >= 0.6 is 11.6 Å².